The van der Waals surface area contributed by atoms with Crippen LogP contribution in [0.15, 0.2) is 24.9 Å². The van der Waals surface area contributed by atoms with Crippen LogP contribution in [-0.4, -0.2) is 35.2 Å². The molecule has 1 amide bonds. The van der Waals surface area contributed by atoms with Gasteiger partial charge in [0, 0.05) is 6.20 Å². The number of amides is 1. The maximum atomic E-state index is 10.2. The summed E-state index contributed by atoms with van der Waals surface area (Å²) in [7, 11) is 1.08. The van der Waals surface area contributed by atoms with Crippen LogP contribution in [0.3, 0.4) is 0 Å². The lowest BCUT2D eigenvalue weighted by atomic mass is 10.0. The molecule has 0 heterocycles. The van der Waals surface area contributed by atoms with Crippen LogP contribution in [0.5, 0.6) is 0 Å². The summed E-state index contributed by atoms with van der Waals surface area (Å²) in [5.41, 5.74) is 0. The maximum absolute atomic E-state index is 10.2. The second-order valence-electron chi connectivity index (χ2n) is 2.06. The van der Waals surface area contributed by atoms with Gasteiger partial charge in [-0.15, -0.1) is 0 Å². The van der Waals surface area contributed by atoms with Gasteiger partial charge in [-0.2, -0.15) is 0 Å². The minimum absolute atomic E-state index is 0.306. The summed E-state index contributed by atoms with van der Waals surface area (Å²) in [6.45, 7) is 3.36. The number of rotatable bonds is 4. The van der Waals surface area contributed by atoms with Crippen molar-refractivity contribution in [3.05, 3.63) is 24.9 Å². The lowest BCUT2D eigenvalue weighted by Crippen LogP contribution is -2.45. The van der Waals surface area contributed by atoms with Crippen LogP contribution in [0.2, 0.25) is 0 Å². The molecule has 4 nitrogen and oxygen atoms in total. The molecule has 0 aromatic carbocycles. The van der Waals surface area contributed by atoms with E-state index in [1.165, 1.54) is 18.4 Å². The van der Waals surface area contributed by atoms with Crippen LogP contribution in [-0.2, 0) is 4.79 Å². The molecule has 0 saturated heterocycles. The third kappa shape index (κ3) is 3.59. The van der Waals surface area contributed by atoms with Crippen LogP contribution in [0.25, 0.3) is 0 Å². The highest BCUT2D eigenvalue weighted by molar-refractivity contribution is 6.13. The van der Waals surface area contributed by atoms with Crippen molar-refractivity contribution in [3.63, 3.8) is 0 Å². The molecule has 0 saturated carbocycles. The monoisotopic (exact) mass is 155 g/mol. The van der Waals surface area contributed by atoms with E-state index in [1.54, 1.807) is 0 Å². The average Bonchev–Trinajstić information content (AvgIpc) is 1.87. The quantitative estimate of drug-likeness (QED) is 0.222. The molecule has 5 heteroatoms. The molecule has 0 spiro atoms. The van der Waals surface area contributed by atoms with Crippen molar-refractivity contribution < 1.29 is 15.0 Å². The molecule has 0 aromatic rings. The van der Waals surface area contributed by atoms with Gasteiger partial charge in [0.2, 0.25) is 20.1 Å². The zero-order valence-electron chi connectivity index (χ0n) is 6.27. The average molecular weight is 155 g/mol. The Morgan fingerprint density at radius 3 is 2.36 bits per heavy atom. The predicted octanol–water partition coefficient (Wildman–Crippen LogP) is -1.63. The third-order valence-electron chi connectivity index (χ3n) is 0.985. The second-order valence-corrected chi connectivity index (χ2v) is 2.06. The van der Waals surface area contributed by atoms with Gasteiger partial charge in [0.15, 0.2) is 0 Å². The summed E-state index contributed by atoms with van der Waals surface area (Å²) >= 11 is 0. The van der Waals surface area contributed by atoms with Gasteiger partial charge in [-0.3, -0.25) is 9.69 Å². The van der Waals surface area contributed by atoms with Crippen molar-refractivity contribution in [1.29, 1.82) is 0 Å². The van der Waals surface area contributed by atoms with Gasteiger partial charge in [-0.1, -0.05) is 12.7 Å². The van der Waals surface area contributed by atoms with Crippen LogP contribution < -0.4 is 0 Å². The standard InChI is InChI=1S/C6H10BNO3/c1-2-3-4-8(5-9)6(7,10)11/h2-5,10-11H,1,7H2/b4-3-. The molecule has 0 unspecified atom stereocenters. The van der Waals surface area contributed by atoms with E-state index in [2.05, 4.69) is 6.58 Å². The van der Waals surface area contributed by atoms with E-state index in [0.717, 1.165) is 7.85 Å². The molecule has 11 heavy (non-hydrogen) atoms. The van der Waals surface area contributed by atoms with Gasteiger partial charge < -0.3 is 10.2 Å². The Morgan fingerprint density at radius 2 is 2.09 bits per heavy atom. The first-order valence-electron chi connectivity index (χ1n) is 3.00. The van der Waals surface area contributed by atoms with Gasteiger partial charge in [0.05, 0.1) is 0 Å². The Morgan fingerprint density at radius 1 is 1.55 bits per heavy atom. The highest BCUT2D eigenvalue weighted by atomic mass is 16.5. The molecule has 2 N–H and O–H groups in total. The van der Waals surface area contributed by atoms with Gasteiger partial charge in [-0.25, -0.2) is 0 Å². The van der Waals surface area contributed by atoms with E-state index in [-0.39, 0.29) is 0 Å². The molecule has 0 aliphatic carbocycles. The second kappa shape index (κ2) is 3.95. The normalized spacial score (nSPS) is 11.5. The van der Waals surface area contributed by atoms with E-state index in [1.807, 2.05) is 0 Å². The fraction of sp³-hybridized carbons (Fsp3) is 0.167. The molecule has 0 radical (unpaired) electrons. The Balaban J connectivity index is 4.29. The maximum Gasteiger partial charge on any atom is 0.217 e. The fourth-order valence-electron chi connectivity index (χ4n) is 0.430. The predicted molar refractivity (Wildman–Crippen MR) is 43.0 cm³/mol. The van der Waals surface area contributed by atoms with Gasteiger partial charge >= 0.3 is 0 Å². The summed E-state index contributed by atoms with van der Waals surface area (Å²) in [5.74, 6) is -2.15. The highest BCUT2D eigenvalue weighted by Gasteiger charge is 2.21. The van der Waals surface area contributed by atoms with Crippen molar-refractivity contribution >= 4 is 14.3 Å². The van der Waals surface area contributed by atoms with Crippen molar-refractivity contribution in [1.82, 2.24) is 4.90 Å². The van der Waals surface area contributed by atoms with E-state index < -0.39 is 5.81 Å². The summed E-state index contributed by atoms with van der Waals surface area (Å²) in [5, 5.41) is 17.7. The zero-order valence-corrected chi connectivity index (χ0v) is 6.27. The molecule has 0 bridgehead atoms. The van der Waals surface area contributed by atoms with E-state index in [4.69, 9.17) is 10.2 Å². The van der Waals surface area contributed by atoms with E-state index in [0.29, 0.717) is 11.3 Å². The summed E-state index contributed by atoms with van der Waals surface area (Å²) in [6.07, 6.45) is 4.35. The van der Waals surface area contributed by atoms with Crippen molar-refractivity contribution in [2.24, 2.45) is 0 Å². The third-order valence-corrected chi connectivity index (χ3v) is 0.985. The molecule has 0 aromatic heterocycles. The van der Waals surface area contributed by atoms with Gasteiger partial charge in [0.25, 0.3) is 0 Å². The number of hydrogen-bond acceptors (Lipinski definition) is 3. The molecule has 0 rings (SSSR count). The summed E-state index contributed by atoms with van der Waals surface area (Å²) < 4.78 is 0. The lowest BCUT2D eigenvalue weighted by Gasteiger charge is -2.25. The largest absolute Gasteiger partial charge is 0.357 e. The minimum atomic E-state index is -2.15. The number of nitrogens with zero attached hydrogens (tertiary/aromatic N) is 1. The number of carbonyl (C=O) groups is 1. The van der Waals surface area contributed by atoms with Crippen LogP contribution in [0.4, 0.5) is 0 Å². The van der Waals surface area contributed by atoms with Crippen LogP contribution >= 0.6 is 0 Å². The van der Waals surface area contributed by atoms with Gasteiger partial charge in [0.1, 0.15) is 0 Å². The SMILES string of the molecule is BC(O)(O)N(C=O)/C=C\C=C. The van der Waals surface area contributed by atoms with Crippen molar-refractivity contribution in [2.45, 2.75) is 5.81 Å². The Hall–Kier alpha value is -1.07. The molecular weight excluding hydrogens is 145 g/mol. The topological polar surface area (TPSA) is 60.8 Å². The van der Waals surface area contributed by atoms with E-state index in [9.17, 15) is 4.79 Å². The number of hydrogen-bond donors (Lipinski definition) is 2. The first-order chi connectivity index (χ1) is 5.02. The minimum Gasteiger partial charge on any atom is -0.357 e. The molecule has 0 atom stereocenters. The van der Waals surface area contributed by atoms with Crippen molar-refractivity contribution in [2.75, 3.05) is 0 Å². The molecule has 0 fully saturated rings. The Bertz CT molecular complexity index is 173. The van der Waals surface area contributed by atoms with Crippen LogP contribution in [0, 0.1) is 0 Å². The fourth-order valence-corrected chi connectivity index (χ4v) is 0.430. The number of carbonyl (C=O) groups excluding carboxylic acids is 1. The Kier molecular flexibility index (Phi) is 3.57. The molecular formula is C6H10BNO3. The van der Waals surface area contributed by atoms with Gasteiger partial charge in [-0.05, 0) is 6.08 Å². The first kappa shape index (κ1) is 9.93. The smallest absolute Gasteiger partial charge is 0.217 e. The molecule has 60 valence electrons. The first-order valence-corrected chi connectivity index (χ1v) is 3.00. The number of allylic oxidation sites excluding steroid dienone is 2. The summed E-state index contributed by atoms with van der Waals surface area (Å²) in [6, 6.07) is 0. The van der Waals surface area contributed by atoms with Crippen molar-refractivity contribution in [3.8, 4) is 0 Å². The zero-order chi connectivity index (χ0) is 8.91. The number of aliphatic hydroxyl groups is 2. The Labute approximate surface area is 65.8 Å². The molecule has 0 aliphatic rings. The van der Waals surface area contributed by atoms with Crippen LogP contribution in [0.1, 0.15) is 0 Å². The van der Waals surface area contributed by atoms with E-state index >= 15 is 0 Å². The summed E-state index contributed by atoms with van der Waals surface area (Å²) in [4.78, 5) is 10.9. The lowest BCUT2D eigenvalue weighted by molar-refractivity contribution is -0.179. The molecule has 0 aliphatic heterocycles. The highest BCUT2D eigenvalue weighted by Crippen LogP contribution is 2.00.